The molecule has 0 radical (unpaired) electrons. The van der Waals surface area contributed by atoms with Gasteiger partial charge in [0.25, 0.3) is 0 Å². The third-order valence-corrected chi connectivity index (χ3v) is 8.51. The number of benzene rings is 2. The molecule has 36 heavy (non-hydrogen) atoms. The van der Waals surface area contributed by atoms with Crippen LogP contribution in [0.15, 0.2) is 66.9 Å². The fourth-order valence-electron chi connectivity index (χ4n) is 6.49. The van der Waals surface area contributed by atoms with Crippen LogP contribution in [0.25, 0.3) is 11.3 Å². The van der Waals surface area contributed by atoms with E-state index >= 15 is 0 Å². The normalized spacial score (nSPS) is 23.3. The number of carbonyl (C=O) groups excluding carboxylic acids is 1. The number of amides is 1. The van der Waals surface area contributed by atoms with Crippen LogP contribution in [0.5, 0.6) is 5.75 Å². The van der Waals surface area contributed by atoms with Gasteiger partial charge in [0.2, 0.25) is 5.91 Å². The number of likely N-dealkylation sites (tertiary alicyclic amines) is 1. The summed E-state index contributed by atoms with van der Waals surface area (Å²) in [4.78, 5) is 18.9. The van der Waals surface area contributed by atoms with Crippen molar-refractivity contribution in [2.24, 2.45) is 5.92 Å². The Hall–Kier alpha value is -3.45. The van der Waals surface area contributed by atoms with Gasteiger partial charge in [0.15, 0.2) is 0 Å². The Labute approximate surface area is 212 Å². The van der Waals surface area contributed by atoms with Crippen LogP contribution in [0.3, 0.4) is 0 Å². The maximum Gasteiger partial charge on any atom is 0.233 e. The Morgan fingerprint density at radius 3 is 2.58 bits per heavy atom. The second-order valence-electron chi connectivity index (χ2n) is 10.4. The summed E-state index contributed by atoms with van der Waals surface area (Å²) in [7, 11) is 0. The number of fused-ring (bicyclic) bond motifs is 1. The highest BCUT2D eigenvalue weighted by Gasteiger charge is 2.49. The summed E-state index contributed by atoms with van der Waals surface area (Å²) in [6.07, 6.45) is 5.44. The van der Waals surface area contributed by atoms with Crippen LogP contribution in [0.1, 0.15) is 31.2 Å². The van der Waals surface area contributed by atoms with Crippen LogP contribution >= 0.6 is 0 Å². The third kappa shape index (κ3) is 4.01. The van der Waals surface area contributed by atoms with Gasteiger partial charge in [-0.3, -0.25) is 4.79 Å². The molecule has 0 spiro atoms. The molecule has 3 aliphatic heterocycles. The number of nitrogens with one attached hydrogen (secondary N) is 1. The van der Waals surface area contributed by atoms with E-state index in [1.807, 2.05) is 24.3 Å². The van der Waals surface area contributed by atoms with Gasteiger partial charge in [0.1, 0.15) is 5.75 Å². The Bertz CT molecular complexity index is 1230. The van der Waals surface area contributed by atoms with Crippen molar-refractivity contribution in [3.05, 3.63) is 72.4 Å². The Morgan fingerprint density at radius 1 is 1.00 bits per heavy atom. The smallest absolute Gasteiger partial charge is 0.233 e. The maximum atomic E-state index is 14.3. The molecule has 2 aromatic carbocycles. The molecule has 4 heterocycles. The number of piperidine rings is 2. The number of hydrogen-bond acceptors (Lipinski definition) is 6. The molecule has 1 aromatic heterocycles. The topological polar surface area (TPSA) is 81.6 Å². The van der Waals surface area contributed by atoms with Crippen LogP contribution in [-0.4, -0.2) is 64.9 Å². The van der Waals surface area contributed by atoms with Gasteiger partial charge in [-0.05, 0) is 68.5 Å². The zero-order valence-corrected chi connectivity index (χ0v) is 20.5. The second kappa shape index (κ2) is 9.54. The first-order valence-corrected chi connectivity index (χ1v) is 13.1. The zero-order valence-electron chi connectivity index (χ0n) is 20.5. The van der Waals surface area contributed by atoms with Crippen molar-refractivity contribution < 1.29 is 9.90 Å². The van der Waals surface area contributed by atoms with Crippen molar-refractivity contribution in [2.45, 2.75) is 37.1 Å². The average Bonchev–Trinajstić information content (AvgIpc) is 3.38. The number of anilines is 1. The van der Waals surface area contributed by atoms with Crippen LogP contribution in [0.2, 0.25) is 0 Å². The SMILES string of the molecule is O=C(N1CC[C@@H]2CNCC[C@@H]21)C1(c2ccccc2)CCN(c2cnnc(-c3ccccc3O)c2)CC1. The Kier molecular flexibility index (Phi) is 6.09. The van der Waals surface area contributed by atoms with Crippen molar-refractivity contribution in [3.8, 4) is 17.0 Å². The van der Waals surface area contributed by atoms with Crippen molar-refractivity contribution in [1.82, 2.24) is 20.4 Å². The van der Waals surface area contributed by atoms with E-state index in [0.717, 1.165) is 69.7 Å². The fraction of sp³-hybridized carbons (Fsp3) is 0.414. The number of rotatable bonds is 4. The predicted octanol–water partition coefficient (Wildman–Crippen LogP) is 3.60. The highest BCUT2D eigenvalue weighted by atomic mass is 16.3. The molecular formula is C29H33N5O2. The summed E-state index contributed by atoms with van der Waals surface area (Å²) in [6, 6.07) is 19.9. The number of aromatic hydroxyl groups is 1. The minimum atomic E-state index is -0.501. The lowest BCUT2D eigenvalue weighted by atomic mass is 9.71. The van der Waals surface area contributed by atoms with Gasteiger partial charge in [0, 0.05) is 31.2 Å². The molecule has 3 saturated heterocycles. The number of phenols is 1. The number of para-hydroxylation sites is 1. The van der Waals surface area contributed by atoms with Crippen molar-refractivity contribution in [3.63, 3.8) is 0 Å². The summed E-state index contributed by atoms with van der Waals surface area (Å²) >= 11 is 0. The summed E-state index contributed by atoms with van der Waals surface area (Å²) in [5.74, 6) is 1.08. The highest BCUT2D eigenvalue weighted by Crippen LogP contribution is 2.42. The molecule has 7 nitrogen and oxygen atoms in total. The number of phenolic OH excluding ortho intramolecular Hbond substituents is 1. The molecule has 3 fully saturated rings. The molecule has 0 aliphatic carbocycles. The lowest BCUT2D eigenvalue weighted by Crippen LogP contribution is -2.56. The monoisotopic (exact) mass is 483 g/mol. The molecule has 6 rings (SSSR count). The van der Waals surface area contributed by atoms with E-state index in [9.17, 15) is 9.90 Å². The predicted molar refractivity (Wildman–Crippen MR) is 140 cm³/mol. The second-order valence-corrected chi connectivity index (χ2v) is 10.4. The molecule has 7 heteroatoms. The van der Waals surface area contributed by atoms with Crippen molar-refractivity contribution in [1.29, 1.82) is 0 Å². The molecule has 0 unspecified atom stereocenters. The molecule has 3 aliphatic rings. The molecule has 3 aromatic rings. The van der Waals surface area contributed by atoms with Gasteiger partial charge < -0.3 is 20.2 Å². The first-order valence-electron chi connectivity index (χ1n) is 13.1. The van der Waals surface area contributed by atoms with Crippen molar-refractivity contribution >= 4 is 11.6 Å². The highest BCUT2D eigenvalue weighted by molar-refractivity contribution is 5.89. The third-order valence-electron chi connectivity index (χ3n) is 8.51. The molecule has 0 bridgehead atoms. The van der Waals surface area contributed by atoms with Crippen LogP contribution in [0, 0.1) is 5.92 Å². The average molecular weight is 484 g/mol. The standard InChI is InChI=1S/C29H33N5O2/c35-27-9-5-4-8-24(27)25-18-23(20-31-32-25)33-16-12-29(13-17-33,22-6-2-1-3-7-22)28(36)34-15-11-21-19-30-14-10-26(21)34/h1-9,18,20-21,26,30,35H,10-17,19H2/t21-,26+/m1/s1. The lowest BCUT2D eigenvalue weighted by molar-refractivity contribution is -0.140. The molecule has 1 amide bonds. The quantitative estimate of drug-likeness (QED) is 0.590. The van der Waals surface area contributed by atoms with Gasteiger partial charge in [-0.15, -0.1) is 0 Å². The lowest BCUT2D eigenvalue weighted by Gasteiger charge is -2.45. The number of carbonyl (C=O) groups is 1. The van der Waals surface area contributed by atoms with Gasteiger partial charge in [-0.25, -0.2) is 0 Å². The maximum absolute atomic E-state index is 14.3. The molecule has 186 valence electrons. The molecule has 0 saturated carbocycles. The van der Waals surface area contributed by atoms with E-state index in [1.54, 1.807) is 18.3 Å². The molecule has 2 atom stereocenters. The van der Waals surface area contributed by atoms with E-state index in [4.69, 9.17) is 0 Å². The minimum Gasteiger partial charge on any atom is -0.507 e. The first-order chi connectivity index (χ1) is 17.7. The summed E-state index contributed by atoms with van der Waals surface area (Å²) in [6.45, 7) is 4.40. The van der Waals surface area contributed by atoms with Gasteiger partial charge in [0.05, 0.1) is 23.0 Å². The van der Waals surface area contributed by atoms with Gasteiger partial charge >= 0.3 is 0 Å². The zero-order chi connectivity index (χ0) is 24.5. The molecule has 2 N–H and O–H groups in total. The molecular weight excluding hydrogens is 450 g/mol. The van der Waals surface area contributed by atoms with E-state index < -0.39 is 5.41 Å². The van der Waals surface area contributed by atoms with Gasteiger partial charge in [-0.2, -0.15) is 10.2 Å². The number of nitrogens with zero attached hydrogens (tertiary/aromatic N) is 4. The van der Waals surface area contributed by atoms with E-state index in [0.29, 0.717) is 29.1 Å². The fourth-order valence-corrected chi connectivity index (χ4v) is 6.49. The summed E-state index contributed by atoms with van der Waals surface area (Å²) in [5, 5.41) is 22.3. The number of aromatic nitrogens is 2. The van der Waals surface area contributed by atoms with E-state index in [-0.39, 0.29) is 5.75 Å². The minimum absolute atomic E-state index is 0.193. The summed E-state index contributed by atoms with van der Waals surface area (Å²) in [5.41, 5.74) is 2.92. The van der Waals surface area contributed by atoms with Gasteiger partial charge in [-0.1, -0.05) is 42.5 Å². The Balaban J connectivity index is 1.27. The Morgan fingerprint density at radius 2 is 1.78 bits per heavy atom. The van der Waals surface area contributed by atoms with Crippen LogP contribution < -0.4 is 10.2 Å². The van der Waals surface area contributed by atoms with Crippen LogP contribution in [-0.2, 0) is 10.2 Å². The summed E-state index contributed by atoms with van der Waals surface area (Å²) < 4.78 is 0. The van der Waals surface area contributed by atoms with Crippen LogP contribution in [0.4, 0.5) is 5.69 Å². The van der Waals surface area contributed by atoms with E-state index in [1.165, 1.54) is 0 Å². The first kappa shape index (κ1) is 23.0. The van der Waals surface area contributed by atoms with E-state index in [2.05, 4.69) is 49.6 Å². The number of hydrogen-bond donors (Lipinski definition) is 2. The largest absolute Gasteiger partial charge is 0.507 e. The van der Waals surface area contributed by atoms with Crippen molar-refractivity contribution in [2.75, 3.05) is 37.6 Å².